The fourth-order valence-corrected chi connectivity index (χ4v) is 2.18. The van der Waals surface area contributed by atoms with Gasteiger partial charge >= 0.3 is 5.97 Å². The average Bonchev–Trinajstić information content (AvgIpc) is 2.66. The van der Waals surface area contributed by atoms with Crippen molar-refractivity contribution in [2.45, 2.75) is 20.8 Å². The zero-order valence-electron chi connectivity index (χ0n) is 10.9. The number of thiazole rings is 1. The van der Waals surface area contributed by atoms with Crippen molar-refractivity contribution in [2.24, 2.45) is 0 Å². The zero-order chi connectivity index (χ0) is 14.4. The third-order valence-corrected chi connectivity index (χ3v) is 3.06. The molecular formula is C11H15N3O4S. The lowest BCUT2D eigenvalue weighted by atomic mass is 10.4. The number of hydrogen-bond acceptors (Lipinski definition) is 6. The largest absolute Gasteiger partial charge is 0.465 e. The van der Waals surface area contributed by atoms with Crippen LogP contribution in [-0.2, 0) is 14.3 Å². The minimum atomic E-state index is -0.500. The lowest BCUT2D eigenvalue weighted by molar-refractivity contribution is -0.141. The Morgan fingerprint density at radius 1 is 1.37 bits per heavy atom. The summed E-state index contributed by atoms with van der Waals surface area (Å²) in [6, 6.07) is 0. The standard InChI is InChI=1S/C11H15N3O4S/c1-4-18-8(16)5-12-10(17)9-6(2)13-11(19-9)14-7(3)15/h4-5H2,1-3H3,(H,12,17)(H,13,14,15). The van der Waals surface area contributed by atoms with Crippen molar-refractivity contribution >= 4 is 34.3 Å². The Labute approximate surface area is 114 Å². The van der Waals surface area contributed by atoms with Gasteiger partial charge in [-0.15, -0.1) is 0 Å². The van der Waals surface area contributed by atoms with E-state index in [0.717, 1.165) is 11.3 Å². The third kappa shape index (κ3) is 4.66. The summed E-state index contributed by atoms with van der Waals surface area (Å²) in [6.45, 7) is 4.77. The molecule has 0 aliphatic heterocycles. The third-order valence-electron chi connectivity index (χ3n) is 1.98. The molecule has 0 radical (unpaired) electrons. The fraction of sp³-hybridized carbons (Fsp3) is 0.455. The van der Waals surface area contributed by atoms with Gasteiger partial charge in [0.25, 0.3) is 5.91 Å². The van der Waals surface area contributed by atoms with Crippen LogP contribution in [0.1, 0.15) is 29.2 Å². The number of nitrogens with one attached hydrogen (secondary N) is 2. The SMILES string of the molecule is CCOC(=O)CNC(=O)c1sc(NC(C)=O)nc1C. The molecule has 0 saturated carbocycles. The molecule has 0 bridgehead atoms. The summed E-state index contributed by atoms with van der Waals surface area (Å²) in [6.07, 6.45) is 0. The molecule has 1 aromatic rings. The van der Waals surface area contributed by atoms with Gasteiger partial charge in [0.05, 0.1) is 12.3 Å². The highest BCUT2D eigenvalue weighted by Crippen LogP contribution is 2.22. The molecular weight excluding hydrogens is 270 g/mol. The first-order chi connectivity index (χ1) is 8.93. The molecule has 1 rings (SSSR count). The number of nitrogens with zero attached hydrogens (tertiary/aromatic N) is 1. The Hall–Kier alpha value is -1.96. The molecule has 0 unspecified atom stereocenters. The molecule has 104 valence electrons. The van der Waals surface area contributed by atoms with Crippen molar-refractivity contribution in [3.05, 3.63) is 10.6 Å². The summed E-state index contributed by atoms with van der Waals surface area (Å²) >= 11 is 1.05. The number of carbonyl (C=O) groups excluding carboxylic acids is 3. The van der Waals surface area contributed by atoms with Crippen LogP contribution in [0.2, 0.25) is 0 Å². The highest BCUT2D eigenvalue weighted by Gasteiger charge is 2.16. The van der Waals surface area contributed by atoms with Crippen LogP contribution in [0.3, 0.4) is 0 Å². The summed E-state index contributed by atoms with van der Waals surface area (Å²) in [5, 5.41) is 5.29. The predicted molar refractivity (Wildman–Crippen MR) is 70.1 cm³/mol. The van der Waals surface area contributed by atoms with Crippen molar-refractivity contribution in [1.82, 2.24) is 10.3 Å². The fourth-order valence-electron chi connectivity index (χ4n) is 1.26. The molecule has 19 heavy (non-hydrogen) atoms. The molecule has 0 spiro atoms. The molecule has 1 heterocycles. The van der Waals surface area contributed by atoms with Gasteiger partial charge in [0.1, 0.15) is 11.4 Å². The molecule has 1 aromatic heterocycles. The minimum Gasteiger partial charge on any atom is -0.465 e. The number of aryl methyl sites for hydroxylation is 1. The summed E-state index contributed by atoms with van der Waals surface area (Å²) in [7, 11) is 0. The van der Waals surface area contributed by atoms with Gasteiger partial charge in [0.2, 0.25) is 5.91 Å². The lowest BCUT2D eigenvalue weighted by Crippen LogP contribution is -2.30. The van der Waals surface area contributed by atoms with E-state index in [-0.39, 0.29) is 19.1 Å². The van der Waals surface area contributed by atoms with Crippen LogP contribution in [0.25, 0.3) is 0 Å². The molecule has 0 saturated heterocycles. The van der Waals surface area contributed by atoms with Gasteiger partial charge in [-0.3, -0.25) is 14.4 Å². The Balaban J connectivity index is 2.64. The maximum absolute atomic E-state index is 11.8. The van der Waals surface area contributed by atoms with E-state index in [4.69, 9.17) is 4.74 Å². The molecule has 8 heteroatoms. The van der Waals surface area contributed by atoms with Crippen LogP contribution in [0.15, 0.2) is 0 Å². The predicted octanol–water partition coefficient (Wildman–Crippen LogP) is 0.703. The van der Waals surface area contributed by atoms with E-state index in [1.54, 1.807) is 13.8 Å². The van der Waals surface area contributed by atoms with Crippen LogP contribution in [0.4, 0.5) is 5.13 Å². The first-order valence-electron chi connectivity index (χ1n) is 5.62. The highest BCUT2D eigenvalue weighted by atomic mass is 32.1. The Bertz CT molecular complexity index is 498. The molecule has 2 N–H and O–H groups in total. The summed E-state index contributed by atoms with van der Waals surface area (Å²) in [5.41, 5.74) is 0.495. The van der Waals surface area contributed by atoms with Gasteiger partial charge in [0.15, 0.2) is 5.13 Å². The summed E-state index contributed by atoms with van der Waals surface area (Å²) in [4.78, 5) is 38.2. The van der Waals surface area contributed by atoms with Gasteiger partial charge in [-0.2, -0.15) is 0 Å². The minimum absolute atomic E-state index is 0.195. The van der Waals surface area contributed by atoms with Gasteiger partial charge in [-0.25, -0.2) is 4.98 Å². The van der Waals surface area contributed by atoms with E-state index < -0.39 is 11.9 Å². The van der Waals surface area contributed by atoms with E-state index in [9.17, 15) is 14.4 Å². The van der Waals surface area contributed by atoms with E-state index in [1.807, 2.05) is 0 Å². The van der Waals surface area contributed by atoms with Crippen LogP contribution in [-0.4, -0.2) is 35.9 Å². The molecule has 7 nitrogen and oxygen atoms in total. The number of rotatable bonds is 5. The zero-order valence-corrected chi connectivity index (χ0v) is 11.7. The van der Waals surface area contributed by atoms with Gasteiger partial charge in [0, 0.05) is 6.92 Å². The van der Waals surface area contributed by atoms with Crippen molar-refractivity contribution in [3.8, 4) is 0 Å². The summed E-state index contributed by atoms with van der Waals surface area (Å²) < 4.78 is 4.69. The molecule has 0 fully saturated rings. The normalized spacial score (nSPS) is 9.84. The molecule has 0 aliphatic rings. The maximum Gasteiger partial charge on any atom is 0.325 e. The molecule has 0 aromatic carbocycles. The highest BCUT2D eigenvalue weighted by molar-refractivity contribution is 7.17. The summed E-state index contributed by atoms with van der Waals surface area (Å²) in [5.74, 6) is -1.17. The quantitative estimate of drug-likeness (QED) is 0.776. The van der Waals surface area contributed by atoms with Crippen molar-refractivity contribution < 1.29 is 19.1 Å². The second-order valence-electron chi connectivity index (χ2n) is 3.60. The topological polar surface area (TPSA) is 97.4 Å². The lowest BCUT2D eigenvalue weighted by Gasteiger charge is -2.03. The van der Waals surface area contributed by atoms with Crippen LogP contribution < -0.4 is 10.6 Å². The second-order valence-corrected chi connectivity index (χ2v) is 4.60. The Morgan fingerprint density at radius 3 is 2.63 bits per heavy atom. The number of amides is 2. The van der Waals surface area contributed by atoms with E-state index in [2.05, 4.69) is 15.6 Å². The Morgan fingerprint density at radius 2 is 2.05 bits per heavy atom. The van der Waals surface area contributed by atoms with E-state index in [0.29, 0.717) is 15.7 Å². The Kier molecular flexibility index (Phi) is 5.43. The smallest absolute Gasteiger partial charge is 0.325 e. The number of ether oxygens (including phenoxy) is 1. The number of hydrogen-bond donors (Lipinski definition) is 2. The number of esters is 1. The molecule has 2 amide bonds. The van der Waals surface area contributed by atoms with Crippen molar-refractivity contribution in [3.63, 3.8) is 0 Å². The number of carbonyl (C=O) groups is 3. The average molecular weight is 285 g/mol. The number of anilines is 1. The van der Waals surface area contributed by atoms with Gasteiger partial charge < -0.3 is 15.4 Å². The maximum atomic E-state index is 11.8. The number of aromatic nitrogens is 1. The molecule has 0 atom stereocenters. The van der Waals surface area contributed by atoms with Crippen molar-refractivity contribution in [2.75, 3.05) is 18.5 Å². The van der Waals surface area contributed by atoms with Crippen molar-refractivity contribution in [1.29, 1.82) is 0 Å². The van der Waals surface area contributed by atoms with E-state index in [1.165, 1.54) is 6.92 Å². The van der Waals surface area contributed by atoms with Gasteiger partial charge in [-0.05, 0) is 13.8 Å². The monoisotopic (exact) mass is 285 g/mol. The molecule has 0 aliphatic carbocycles. The van der Waals surface area contributed by atoms with Gasteiger partial charge in [-0.1, -0.05) is 11.3 Å². The van der Waals surface area contributed by atoms with Crippen LogP contribution >= 0.6 is 11.3 Å². The first kappa shape index (κ1) is 15.1. The second kappa shape index (κ2) is 6.83. The first-order valence-corrected chi connectivity index (χ1v) is 6.44. The van der Waals surface area contributed by atoms with E-state index >= 15 is 0 Å². The van der Waals surface area contributed by atoms with Crippen LogP contribution in [0, 0.1) is 6.92 Å². The van der Waals surface area contributed by atoms with Crippen LogP contribution in [0.5, 0.6) is 0 Å².